The van der Waals surface area contributed by atoms with Gasteiger partial charge in [0.25, 0.3) is 0 Å². The van der Waals surface area contributed by atoms with Crippen LogP contribution in [0.2, 0.25) is 0 Å². The first-order valence-corrected chi connectivity index (χ1v) is 7.48. The number of esters is 1. The van der Waals surface area contributed by atoms with E-state index in [9.17, 15) is 4.79 Å². The molecule has 0 radical (unpaired) electrons. The van der Waals surface area contributed by atoms with Gasteiger partial charge in [-0.2, -0.15) is 0 Å². The van der Waals surface area contributed by atoms with Gasteiger partial charge in [0.1, 0.15) is 4.99 Å². The third kappa shape index (κ3) is 4.13. The molecule has 0 aromatic heterocycles. The maximum atomic E-state index is 12.2. The van der Waals surface area contributed by atoms with Crippen LogP contribution in [0.5, 0.6) is 0 Å². The Hall–Kier alpha value is -1.76. The molecule has 0 spiro atoms. The number of hydrogen-bond donors (Lipinski definition) is 1. The molecule has 1 aromatic rings. The number of carbonyl (C=O) groups is 1. The van der Waals surface area contributed by atoms with Gasteiger partial charge >= 0.3 is 5.97 Å². The molecule has 22 heavy (non-hydrogen) atoms. The van der Waals surface area contributed by atoms with Gasteiger partial charge in [-0.05, 0) is 6.92 Å². The Kier molecular flexibility index (Phi) is 6.06. The zero-order chi connectivity index (χ0) is 15.9. The molecule has 1 unspecified atom stereocenters. The summed E-state index contributed by atoms with van der Waals surface area (Å²) in [5, 5.41) is 2.99. The summed E-state index contributed by atoms with van der Waals surface area (Å²) in [4.78, 5) is 12.6. The molecular weight excluding hydrogens is 302 g/mol. The van der Waals surface area contributed by atoms with Crippen molar-refractivity contribution in [3.63, 3.8) is 0 Å². The van der Waals surface area contributed by atoms with Crippen molar-refractivity contribution in [1.82, 2.24) is 5.32 Å². The quantitative estimate of drug-likeness (QED) is 0.490. The number of carbonyl (C=O) groups excluding carboxylic acids is 1. The van der Waals surface area contributed by atoms with Crippen molar-refractivity contribution in [2.45, 2.75) is 19.3 Å². The Morgan fingerprint density at radius 3 is 2.64 bits per heavy atom. The SMILES string of the molecule is C=C(C1OCCO1)C(NC(=S)c1ccccc1)C(=O)OCC. The maximum Gasteiger partial charge on any atom is 0.333 e. The van der Waals surface area contributed by atoms with Crippen LogP contribution in [0.25, 0.3) is 0 Å². The van der Waals surface area contributed by atoms with Crippen LogP contribution in [0.4, 0.5) is 0 Å². The summed E-state index contributed by atoms with van der Waals surface area (Å²) < 4.78 is 15.9. The average Bonchev–Trinajstić information content (AvgIpc) is 3.07. The minimum Gasteiger partial charge on any atom is -0.464 e. The molecule has 1 fully saturated rings. The van der Waals surface area contributed by atoms with Gasteiger partial charge in [0.05, 0.1) is 19.8 Å². The fraction of sp³-hybridized carbons (Fsp3) is 0.375. The van der Waals surface area contributed by atoms with E-state index in [0.29, 0.717) is 23.8 Å². The summed E-state index contributed by atoms with van der Waals surface area (Å²) in [5.74, 6) is -0.454. The van der Waals surface area contributed by atoms with Crippen molar-refractivity contribution >= 4 is 23.2 Å². The van der Waals surface area contributed by atoms with E-state index >= 15 is 0 Å². The van der Waals surface area contributed by atoms with Crippen LogP contribution in [0, 0.1) is 0 Å². The zero-order valence-electron chi connectivity index (χ0n) is 12.4. The van der Waals surface area contributed by atoms with E-state index < -0.39 is 18.3 Å². The molecule has 5 nitrogen and oxygen atoms in total. The molecule has 6 heteroatoms. The molecule has 1 atom stereocenters. The van der Waals surface area contributed by atoms with Crippen LogP contribution < -0.4 is 5.32 Å². The molecule has 1 saturated heterocycles. The first kappa shape index (κ1) is 16.6. The Bertz CT molecular complexity index is 540. The number of hydrogen-bond acceptors (Lipinski definition) is 5. The van der Waals surface area contributed by atoms with Gasteiger partial charge in [-0.3, -0.25) is 0 Å². The van der Waals surface area contributed by atoms with Gasteiger partial charge in [-0.1, -0.05) is 49.1 Å². The average molecular weight is 321 g/mol. The van der Waals surface area contributed by atoms with Crippen molar-refractivity contribution in [2.24, 2.45) is 0 Å². The monoisotopic (exact) mass is 321 g/mol. The van der Waals surface area contributed by atoms with Crippen molar-refractivity contribution in [2.75, 3.05) is 19.8 Å². The van der Waals surface area contributed by atoms with Crippen LogP contribution in [-0.4, -0.2) is 43.1 Å². The lowest BCUT2D eigenvalue weighted by Crippen LogP contribution is -2.45. The van der Waals surface area contributed by atoms with Gasteiger partial charge < -0.3 is 19.5 Å². The van der Waals surface area contributed by atoms with Crippen LogP contribution in [-0.2, 0) is 19.0 Å². The van der Waals surface area contributed by atoms with Crippen LogP contribution in [0.15, 0.2) is 42.5 Å². The van der Waals surface area contributed by atoms with Crippen LogP contribution >= 0.6 is 12.2 Å². The highest BCUT2D eigenvalue weighted by atomic mass is 32.1. The van der Waals surface area contributed by atoms with E-state index in [1.165, 1.54) is 0 Å². The molecule has 1 aliphatic rings. The molecule has 2 rings (SSSR count). The second-order valence-electron chi connectivity index (χ2n) is 4.67. The highest BCUT2D eigenvalue weighted by Gasteiger charge is 2.32. The third-order valence-corrected chi connectivity index (χ3v) is 3.48. The van der Waals surface area contributed by atoms with E-state index in [1.807, 2.05) is 30.3 Å². The van der Waals surface area contributed by atoms with E-state index in [1.54, 1.807) is 6.92 Å². The Morgan fingerprint density at radius 2 is 2.05 bits per heavy atom. The predicted octanol–water partition coefficient (Wildman–Crippen LogP) is 1.81. The van der Waals surface area contributed by atoms with Crippen molar-refractivity contribution in [1.29, 1.82) is 0 Å². The number of rotatable bonds is 6. The predicted molar refractivity (Wildman–Crippen MR) is 86.5 cm³/mol. The molecule has 1 heterocycles. The zero-order valence-corrected chi connectivity index (χ0v) is 13.2. The van der Waals surface area contributed by atoms with Gasteiger partial charge in [0.2, 0.25) is 0 Å². The molecule has 1 N–H and O–H groups in total. The van der Waals surface area contributed by atoms with Gasteiger partial charge in [0, 0.05) is 11.1 Å². The van der Waals surface area contributed by atoms with Crippen molar-refractivity contribution < 1.29 is 19.0 Å². The standard InChI is InChI=1S/C16H19NO4S/c1-3-19-15(18)13(11(2)16-20-9-10-21-16)17-14(22)12-7-5-4-6-8-12/h4-8,13,16H,2-3,9-10H2,1H3,(H,17,22). The first-order valence-electron chi connectivity index (χ1n) is 7.08. The molecule has 0 aliphatic carbocycles. The highest BCUT2D eigenvalue weighted by molar-refractivity contribution is 7.80. The van der Waals surface area contributed by atoms with Crippen molar-refractivity contribution in [3.8, 4) is 0 Å². The van der Waals surface area contributed by atoms with E-state index in [-0.39, 0.29) is 6.61 Å². The molecule has 0 saturated carbocycles. The molecule has 118 valence electrons. The molecule has 1 aromatic carbocycles. The highest BCUT2D eigenvalue weighted by Crippen LogP contribution is 2.17. The number of ether oxygens (including phenoxy) is 3. The minimum atomic E-state index is -0.809. The fourth-order valence-electron chi connectivity index (χ4n) is 2.04. The van der Waals surface area contributed by atoms with Crippen LogP contribution in [0.1, 0.15) is 12.5 Å². The van der Waals surface area contributed by atoms with E-state index in [2.05, 4.69) is 11.9 Å². The topological polar surface area (TPSA) is 56.8 Å². The summed E-state index contributed by atoms with van der Waals surface area (Å²) >= 11 is 5.35. The van der Waals surface area contributed by atoms with Gasteiger partial charge in [-0.15, -0.1) is 0 Å². The number of nitrogens with one attached hydrogen (secondary N) is 1. The first-order chi connectivity index (χ1) is 10.6. The summed E-state index contributed by atoms with van der Waals surface area (Å²) in [6.45, 7) is 6.88. The second-order valence-corrected chi connectivity index (χ2v) is 5.08. The summed E-state index contributed by atoms with van der Waals surface area (Å²) in [5.41, 5.74) is 1.27. The van der Waals surface area contributed by atoms with Gasteiger partial charge in [0.15, 0.2) is 12.3 Å². The fourth-order valence-corrected chi connectivity index (χ4v) is 2.30. The third-order valence-electron chi connectivity index (χ3n) is 3.13. The summed E-state index contributed by atoms with van der Waals surface area (Å²) in [6.07, 6.45) is -0.625. The lowest BCUT2D eigenvalue weighted by atomic mass is 10.1. The Labute approximate surface area is 135 Å². The molecular formula is C16H19NO4S. The second kappa shape index (κ2) is 8.03. The molecule has 0 amide bonds. The van der Waals surface area contributed by atoms with E-state index in [4.69, 9.17) is 26.4 Å². The van der Waals surface area contributed by atoms with E-state index in [0.717, 1.165) is 5.56 Å². The Morgan fingerprint density at radius 1 is 1.41 bits per heavy atom. The maximum absolute atomic E-state index is 12.2. The Balaban J connectivity index is 2.12. The summed E-state index contributed by atoms with van der Waals surface area (Å²) in [6, 6.07) is 8.57. The lowest BCUT2D eigenvalue weighted by molar-refractivity contribution is -0.145. The molecule has 1 aliphatic heterocycles. The number of benzene rings is 1. The minimum absolute atomic E-state index is 0.273. The lowest BCUT2D eigenvalue weighted by Gasteiger charge is -2.23. The normalized spacial score (nSPS) is 16.0. The van der Waals surface area contributed by atoms with Crippen molar-refractivity contribution in [3.05, 3.63) is 48.0 Å². The summed E-state index contributed by atoms with van der Waals surface area (Å²) in [7, 11) is 0. The number of thiocarbonyl (C=S) groups is 1. The smallest absolute Gasteiger partial charge is 0.333 e. The van der Waals surface area contributed by atoms with Crippen LogP contribution in [0.3, 0.4) is 0 Å². The molecule has 0 bridgehead atoms. The largest absolute Gasteiger partial charge is 0.464 e. The van der Waals surface area contributed by atoms with Gasteiger partial charge in [-0.25, -0.2) is 4.79 Å².